The van der Waals surface area contributed by atoms with Crippen molar-refractivity contribution in [3.63, 3.8) is 0 Å². The van der Waals surface area contributed by atoms with Crippen molar-refractivity contribution in [1.82, 2.24) is 20.2 Å². The van der Waals surface area contributed by atoms with E-state index in [1.165, 1.54) is 17.4 Å². The fourth-order valence-corrected chi connectivity index (χ4v) is 3.99. The number of fused-ring (bicyclic) bond motifs is 1. The third-order valence-corrected chi connectivity index (χ3v) is 5.58. The Labute approximate surface area is 159 Å². The van der Waals surface area contributed by atoms with E-state index in [1.54, 1.807) is 25.1 Å². The number of benzene rings is 1. The molecule has 138 valence electrons. The topological polar surface area (TPSA) is 64.7 Å². The largest absolute Gasteiger partial charge is 0.451 e. The zero-order valence-electron chi connectivity index (χ0n) is 13.8. The van der Waals surface area contributed by atoms with Crippen LogP contribution in [0.5, 0.6) is 0 Å². The van der Waals surface area contributed by atoms with Crippen molar-refractivity contribution in [3.8, 4) is 10.8 Å². The Kier molecular flexibility index (Phi) is 4.60. The SMILES string of the molecule is C[C@@H](Sc1nc(C(F)(F)F)nc2ccccc12)c1nnc(-c2cccs2)o1. The number of thiophene rings is 1. The molecule has 4 aromatic rings. The van der Waals surface area contributed by atoms with E-state index < -0.39 is 12.0 Å². The molecule has 0 saturated heterocycles. The monoisotopic (exact) mass is 408 g/mol. The highest BCUT2D eigenvalue weighted by molar-refractivity contribution is 7.99. The third kappa shape index (κ3) is 3.67. The van der Waals surface area contributed by atoms with Gasteiger partial charge in [-0.25, -0.2) is 9.97 Å². The molecule has 1 aromatic carbocycles. The minimum Gasteiger partial charge on any atom is -0.419 e. The van der Waals surface area contributed by atoms with Gasteiger partial charge in [0.15, 0.2) is 0 Å². The van der Waals surface area contributed by atoms with E-state index in [0.29, 0.717) is 17.2 Å². The average Bonchev–Trinajstić information content (AvgIpc) is 3.32. The van der Waals surface area contributed by atoms with Crippen LogP contribution in [0.25, 0.3) is 21.7 Å². The Bertz CT molecular complexity index is 1080. The summed E-state index contributed by atoms with van der Waals surface area (Å²) in [5, 5.41) is 10.3. The zero-order chi connectivity index (χ0) is 19.0. The first-order valence-corrected chi connectivity index (χ1v) is 9.55. The first kappa shape index (κ1) is 17.9. The van der Waals surface area contributed by atoms with Crippen LogP contribution in [0.3, 0.4) is 0 Å². The van der Waals surface area contributed by atoms with E-state index >= 15 is 0 Å². The summed E-state index contributed by atoms with van der Waals surface area (Å²) in [6, 6.07) is 10.3. The molecule has 0 spiro atoms. The van der Waals surface area contributed by atoms with Gasteiger partial charge in [0.1, 0.15) is 5.03 Å². The van der Waals surface area contributed by atoms with Gasteiger partial charge in [-0.15, -0.1) is 21.5 Å². The van der Waals surface area contributed by atoms with Crippen molar-refractivity contribution >= 4 is 34.0 Å². The maximum absolute atomic E-state index is 13.1. The lowest BCUT2D eigenvalue weighted by Gasteiger charge is -2.12. The van der Waals surface area contributed by atoms with Crippen LogP contribution in [0.15, 0.2) is 51.2 Å². The third-order valence-electron chi connectivity index (χ3n) is 3.63. The molecule has 3 aromatic heterocycles. The van der Waals surface area contributed by atoms with Gasteiger partial charge in [-0.1, -0.05) is 36.0 Å². The average molecular weight is 408 g/mol. The lowest BCUT2D eigenvalue weighted by Crippen LogP contribution is -2.12. The number of aromatic nitrogens is 4. The fraction of sp³-hybridized carbons (Fsp3) is 0.176. The molecule has 10 heteroatoms. The van der Waals surface area contributed by atoms with Crippen molar-refractivity contribution in [2.45, 2.75) is 23.4 Å². The zero-order valence-corrected chi connectivity index (χ0v) is 15.4. The van der Waals surface area contributed by atoms with Gasteiger partial charge in [-0.3, -0.25) is 0 Å². The van der Waals surface area contributed by atoms with Crippen molar-refractivity contribution < 1.29 is 17.6 Å². The molecule has 0 fully saturated rings. The molecule has 5 nitrogen and oxygen atoms in total. The predicted octanol–water partition coefficient (Wildman–Crippen LogP) is 5.61. The van der Waals surface area contributed by atoms with E-state index in [0.717, 1.165) is 16.6 Å². The van der Waals surface area contributed by atoms with Crippen LogP contribution in [0, 0.1) is 0 Å². The molecule has 0 aliphatic carbocycles. The highest BCUT2D eigenvalue weighted by atomic mass is 32.2. The van der Waals surface area contributed by atoms with Crippen LogP contribution in [-0.4, -0.2) is 20.2 Å². The Hall–Kier alpha value is -2.46. The first-order chi connectivity index (χ1) is 12.9. The molecule has 0 aliphatic heterocycles. The number of hydrogen-bond donors (Lipinski definition) is 0. The van der Waals surface area contributed by atoms with Gasteiger partial charge >= 0.3 is 6.18 Å². The Morgan fingerprint density at radius 3 is 2.63 bits per heavy atom. The molecule has 0 bridgehead atoms. The summed E-state index contributed by atoms with van der Waals surface area (Å²) in [6.07, 6.45) is -4.63. The number of hydrogen-bond acceptors (Lipinski definition) is 7. The van der Waals surface area contributed by atoms with Crippen LogP contribution in [0.4, 0.5) is 13.2 Å². The normalized spacial score (nSPS) is 13.2. The van der Waals surface area contributed by atoms with E-state index in [4.69, 9.17) is 4.42 Å². The molecule has 0 N–H and O–H groups in total. The summed E-state index contributed by atoms with van der Waals surface area (Å²) in [4.78, 5) is 8.19. The molecular formula is C17H11F3N4OS2. The summed E-state index contributed by atoms with van der Waals surface area (Å²) in [5.74, 6) is -0.462. The lowest BCUT2D eigenvalue weighted by atomic mass is 10.2. The lowest BCUT2D eigenvalue weighted by molar-refractivity contribution is -0.145. The second-order valence-corrected chi connectivity index (χ2v) is 7.83. The van der Waals surface area contributed by atoms with Gasteiger partial charge in [0.2, 0.25) is 11.7 Å². The number of rotatable bonds is 4. The standard InChI is InChI=1S/C17H11F3N4OS2/c1-9(13-23-24-14(25-13)12-7-4-8-26-12)27-15-10-5-2-3-6-11(10)21-16(22-15)17(18,19)20/h2-9H,1H3/t9-/m1/s1. The summed E-state index contributed by atoms with van der Waals surface area (Å²) in [7, 11) is 0. The van der Waals surface area contributed by atoms with Crippen molar-refractivity contribution in [1.29, 1.82) is 0 Å². The Morgan fingerprint density at radius 2 is 1.89 bits per heavy atom. The van der Waals surface area contributed by atoms with Crippen LogP contribution < -0.4 is 0 Å². The molecular weight excluding hydrogens is 397 g/mol. The summed E-state index contributed by atoms with van der Waals surface area (Å²) in [5.41, 5.74) is 0.235. The number of nitrogens with zero attached hydrogens (tertiary/aromatic N) is 4. The molecule has 0 amide bonds. The fourth-order valence-electron chi connectivity index (χ4n) is 2.38. The number of para-hydroxylation sites is 1. The summed E-state index contributed by atoms with van der Waals surface area (Å²) in [6.45, 7) is 1.78. The first-order valence-electron chi connectivity index (χ1n) is 7.80. The van der Waals surface area contributed by atoms with Gasteiger partial charge in [0.05, 0.1) is 15.6 Å². The van der Waals surface area contributed by atoms with Crippen LogP contribution in [-0.2, 0) is 6.18 Å². The number of alkyl halides is 3. The highest BCUT2D eigenvalue weighted by Crippen LogP contribution is 2.39. The maximum atomic E-state index is 13.1. The molecule has 0 aliphatic rings. The molecule has 1 atom stereocenters. The maximum Gasteiger partial charge on any atom is 0.451 e. The van der Waals surface area contributed by atoms with Crippen LogP contribution in [0.1, 0.15) is 23.9 Å². The van der Waals surface area contributed by atoms with Crippen LogP contribution in [0.2, 0.25) is 0 Å². The Morgan fingerprint density at radius 1 is 1.07 bits per heavy atom. The van der Waals surface area contributed by atoms with Gasteiger partial charge < -0.3 is 4.42 Å². The molecule has 3 heterocycles. The Balaban J connectivity index is 1.68. The van der Waals surface area contributed by atoms with Crippen molar-refractivity contribution in [2.24, 2.45) is 0 Å². The van der Waals surface area contributed by atoms with E-state index in [2.05, 4.69) is 20.2 Å². The number of halogens is 3. The molecule has 0 radical (unpaired) electrons. The van der Waals surface area contributed by atoms with E-state index in [9.17, 15) is 13.2 Å². The molecule has 0 saturated carbocycles. The quantitative estimate of drug-likeness (QED) is 0.323. The van der Waals surface area contributed by atoms with Gasteiger partial charge in [0, 0.05) is 5.39 Å². The van der Waals surface area contributed by atoms with Gasteiger partial charge in [-0.2, -0.15) is 13.2 Å². The number of thioether (sulfide) groups is 1. The van der Waals surface area contributed by atoms with Crippen LogP contribution >= 0.6 is 23.1 Å². The van der Waals surface area contributed by atoms with Gasteiger partial charge in [0.25, 0.3) is 5.89 Å². The van der Waals surface area contributed by atoms with Gasteiger partial charge in [-0.05, 0) is 24.4 Å². The molecule has 0 unspecified atom stereocenters. The molecule has 27 heavy (non-hydrogen) atoms. The second kappa shape index (κ2) is 6.93. The van der Waals surface area contributed by atoms with Crippen molar-refractivity contribution in [2.75, 3.05) is 0 Å². The van der Waals surface area contributed by atoms with E-state index in [-0.39, 0.29) is 15.8 Å². The van der Waals surface area contributed by atoms with Crippen molar-refractivity contribution in [3.05, 3.63) is 53.5 Å². The molecule has 4 rings (SSSR count). The summed E-state index contributed by atoms with van der Waals surface area (Å²) < 4.78 is 45.1. The van der Waals surface area contributed by atoms with E-state index in [1.807, 2.05) is 17.5 Å². The highest BCUT2D eigenvalue weighted by Gasteiger charge is 2.36. The predicted molar refractivity (Wildman–Crippen MR) is 96.4 cm³/mol. The minimum atomic E-state index is -4.63. The smallest absolute Gasteiger partial charge is 0.419 e. The summed E-state index contributed by atoms with van der Waals surface area (Å²) >= 11 is 2.59. The second-order valence-electron chi connectivity index (χ2n) is 5.55. The minimum absolute atomic E-state index is 0.219.